The van der Waals surface area contributed by atoms with Crippen LogP contribution < -0.4 is 10.9 Å². The molecule has 0 fully saturated rings. The Morgan fingerprint density at radius 2 is 1.58 bits per heavy atom. The van der Waals surface area contributed by atoms with E-state index in [0.29, 0.717) is 27.0 Å². The molecule has 7 heteroatoms. The number of benzene rings is 2. The largest absolute Gasteiger partial charge is 0.341 e. The second kappa shape index (κ2) is 6.76. The molecule has 26 heavy (non-hydrogen) atoms. The van der Waals surface area contributed by atoms with Crippen LogP contribution in [-0.2, 0) is 0 Å². The van der Waals surface area contributed by atoms with E-state index in [4.69, 9.17) is 35.4 Å². The second-order valence-electron chi connectivity index (χ2n) is 5.88. The lowest BCUT2D eigenvalue weighted by molar-refractivity contribution is 0.931. The Morgan fingerprint density at radius 1 is 0.885 bits per heavy atom. The van der Waals surface area contributed by atoms with Gasteiger partial charge in [0.05, 0.1) is 5.56 Å². The molecule has 0 amide bonds. The van der Waals surface area contributed by atoms with Gasteiger partial charge in [-0.1, -0.05) is 59.6 Å². The van der Waals surface area contributed by atoms with E-state index in [1.165, 1.54) is 0 Å². The third kappa shape index (κ3) is 2.98. The van der Waals surface area contributed by atoms with E-state index in [0.717, 1.165) is 11.3 Å². The lowest BCUT2D eigenvalue weighted by Crippen LogP contribution is -2.25. The molecular weight excluding hydrogens is 389 g/mol. The minimum Gasteiger partial charge on any atom is -0.341 e. The van der Waals surface area contributed by atoms with Crippen molar-refractivity contribution in [1.29, 1.82) is 0 Å². The van der Waals surface area contributed by atoms with Crippen LogP contribution in [0.4, 0.5) is 5.82 Å². The highest BCUT2D eigenvalue weighted by Crippen LogP contribution is 2.41. The Bertz CT molecular complexity index is 1120. The summed E-state index contributed by atoms with van der Waals surface area (Å²) in [5.74, 6) is 0.124. The van der Waals surface area contributed by atoms with Gasteiger partial charge in [0.15, 0.2) is 4.77 Å². The van der Waals surface area contributed by atoms with E-state index in [9.17, 15) is 4.79 Å². The van der Waals surface area contributed by atoms with E-state index < -0.39 is 5.92 Å². The van der Waals surface area contributed by atoms with E-state index >= 15 is 0 Å². The summed E-state index contributed by atoms with van der Waals surface area (Å²) in [4.78, 5) is 18.3. The summed E-state index contributed by atoms with van der Waals surface area (Å²) < 4.78 is 0.250. The summed E-state index contributed by atoms with van der Waals surface area (Å²) >= 11 is 18.0. The molecule has 3 N–H and O–H groups in total. The highest BCUT2D eigenvalue weighted by molar-refractivity contribution is 7.71. The number of hydrogen-bond donors (Lipinski definition) is 3. The fraction of sp³-hybridized carbons (Fsp3) is 0.0526. The highest BCUT2D eigenvalue weighted by atomic mass is 35.5. The predicted molar refractivity (Wildman–Crippen MR) is 109 cm³/mol. The summed E-state index contributed by atoms with van der Waals surface area (Å²) in [7, 11) is 0. The first-order valence-corrected chi connectivity index (χ1v) is 9.05. The van der Waals surface area contributed by atoms with Crippen molar-refractivity contribution < 1.29 is 0 Å². The number of H-pyrrole nitrogens is 2. The molecule has 4 nitrogen and oxygen atoms in total. The van der Waals surface area contributed by atoms with E-state index in [-0.39, 0.29) is 10.3 Å². The molecule has 1 aliphatic rings. The van der Waals surface area contributed by atoms with Crippen LogP contribution >= 0.6 is 35.4 Å². The van der Waals surface area contributed by atoms with E-state index in [1.54, 1.807) is 18.2 Å². The molecule has 2 heterocycles. The Morgan fingerprint density at radius 3 is 2.27 bits per heavy atom. The van der Waals surface area contributed by atoms with Gasteiger partial charge in [-0.3, -0.25) is 9.78 Å². The fourth-order valence-corrected chi connectivity index (χ4v) is 3.97. The van der Waals surface area contributed by atoms with Gasteiger partial charge in [-0.2, -0.15) is 0 Å². The van der Waals surface area contributed by atoms with Crippen molar-refractivity contribution in [1.82, 2.24) is 9.97 Å². The number of nitrogens with one attached hydrogen (secondary N) is 3. The molecule has 0 saturated heterocycles. The maximum Gasteiger partial charge on any atom is 0.257 e. The van der Waals surface area contributed by atoms with E-state index in [1.807, 2.05) is 36.4 Å². The average Bonchev–Trinajstić information content (AvgIpc) is 2.61. The van der Waals surface area contributed by atoms with Crippen LogP contribution in [0.15, 0.2) is 59.4 Å². The zero-order valence-electron chi connectivity index (χ0n) is 13.3. The summed E-state index contributed by atoms with van der Waals surface area (Å²) in [6, 6.07) is 15.1. The standard InChI is InChI=1S/C19H13Cl2N3OS/c20-12-7-4-8-13(21)15(12)11-9-14(10-5-2-1-3-6-10)22-17-16(11)18(25)24-19(26)23-17/h1-9,11H,(H3,22,23,24,25,26). The first-order valence-electron chi connectivity index (χ1n) is 7.89. The smallest absolute Gasteiger partial charge is 0.257 e. The molecular formula is C19H13Cl2N3OS. The van der Waals surface area contributed by atoms with Crippen LogP contribution in [0.25, 0.3) is 5.70 Å². The van der Waals surface area contributed by atoms with Gasteiger partial charge in [-0.15, -0.1) is 0 Å². The molecule has 1 unspecified atom stereocenters. The van der Waals surface area contributed by atoms with Crippen LogP contribution in [0.5, 0.6) is 0 Å². The average molecular weight is 402 g/mol. The molecule has 1 aromatic heterocycles. The molecule has 1 atom stereocenters. The van der Waals surface area contributed by atoms with Gasteiger partial charge in [0.1, 0.15) is 5.82 Å². The van der Waals surface area contributed by atoms with Crippen molar-refractivity contribution in [2.75, 3.05) is 5.32 Å². The number of aromatic nitrogens is 2. The van der Waals surface area contributed by atoms with Gasteiger partial charge >= 0.3 is 0 Å². The molecule has 1 aliphatic heterocycles. The first-order chi connectivity index (χ1) is 12.5. The molecule has 2 aromatic carbocycles. The lowest BCUT2D eigenvalue weighted by atomic mass is 9.88. The summed E-state index contributed by atoms with van der Waals surface area (Å²) in [5.41, 5.74) is 2.72. The normalized spacial score (nSPS) is 15.8. The van der Waals surface area contributed by atoms with Crippen LogP contribution in [0.3, 0.4) is 0 Å². The second-order valence-corrected chi connectivity index (χ2v) is 7.10. The Balaban J connectivity index is 2.00. The van der Waals surface area contributed by atoms with Gasteiger partial charge in [0, 0.05) is 27.2 Å². The molecule has 3 aromatic rings. The number of halogens is 2. The van der Waals surface area contributed by atoms with Crippen LogP contribution in [0.2, 0.25) is 10.0 Å². The molecule has 130 valence electrons. The zero-order chi connectivity index (χ0) is 18.3. The van der Waals surface area contributed by atoms with Crippen molar-refractivity contribution in [2.45, 2.75) is 5.92 Å². The predicted octanol–water partition coefficient (Wildman–Crippen LogP) is 5.34. The van der Waals surface area contributed by atoms with Gasteiger partial charge in [-0.05, 0) is 36.0 Å². The third-order valence-electron chi connectivity index (χ3n) is 4.28. The number of aromatic amines is 2. The lowest BCUT2D eigenvalue weighted by Gasteiger charge is -2.26. The van der Waals surface area contributed by atoms with Crippen molar-refractivity contribution in [3.05, 3.63) is 96.5 Å². The van der Waals surface area contributed by atoms with Crippen molar-refractivity contribution >= 4 is 46.9 Å². The molecule has 0 spiro atoms. The Kier molecular flexibility index (Phi) is 4.44. The van der Waals surface area contributed by atoms with E-state index in [2.05, 4.69) is 15.3 Å². The Labute approximate surface area is 164 Å². The molecule has 4 rings (SSSR count). The minimum absolute atomic E-state index is 0.250. The van der Waals surface area contributed by atoms with Gasteiger partial charge in [0.25, 0.3) is 5.56 Å². The molecule has 0 radical (unpaired) electrons. The minimum atomic E-state index is -0.418. The number of anilines is 1. The van der Waals surface area contributed by atoms with Crippen LogP contribution in [-0.4, -0.2) is 9.97 Å². The van der Waals surface area contributed by atoms with Gasteiger partial charge < -0.3 is 10.3 Å². The van der Waals surface area contributed by atoms with Crippen molar-refractivity contribution in [3.8, 4) is 0 Å². The SMILES string of the molecule is O=c1[nH]c(=S)[nH]c2c1C(c1c(Cl)cccc1Cl)C=C(c1ccccc1)N2. The quantitative estimate of drug-likeness (QED) is 0.508. The molecule has 0 aliphatic carbocycles. The topological polar surface area (TPSA) is 60.7 Å². The molecule has 0 bridgehead atoms. The highest BCUT2D eigenvalue weighted by Gasteiger charge is 2.29. The summed E-state index contributed by atoms with van der Waals surface area (Å²) in [6.45, 7) is 0. The van der Waals surface area contributed by atoms with Gasteiger partial charge in [-0.25, -0.2) is 0 Å². The van der Waals surface area contributed by atoms with Gasteiger partial charge in [0.2, 0.25) is 0 Å². The van der Waals surface area contributed by atoms with Crippen LogP contribution in [0, 0.1) is 4.77 Å². The monoisotopic (exact) mass is 401 g/mol. The van der Waals surface area contributed by atoms with Crippen molar-refractivity contribution in [2.24, 2.45) is 0 Å². The van der Waals surface area contributed by atoms with Crippen molar-refractivity contribution in [3.63, 3.8) is 0 Å². The fourth-order valence-electron chi connectivity index (χ4n) is 3.14. The maximum absolute atomic E-state index is 12.6. The summed E-state index contributed by atoms with van der Waals surface area (Å²) in [6.07, 6.45) is 1.96. The Hall–Kier alpha value is -2.34. The zero-order valence-corrected chi connectivity index (χ0v) is 15.7. The molecule has 0 saturated carbocycles. The number of fused-ring (bicyclic) bond motifs is 1. The third-order valence-corrected chi connectivity index (χ3v) is 5.14. The summed E-state index contributed by atoms with van der Waals surface area (Å²) in [5, 5.41) is 4.27. The number of allylic oxidation sites excluding steroid dienone is 1. The maximum atomic E-state index is 12.6. The van der Waals surface area contributed by atoms with Crippen LogP contribution in [0.1, 0.15) is 22.6 Å². The first kappa shape index (κ1) is 17.1. The number of hydrogen-bond acceptors (Lipinski definition) is 3. The number of rotatable bonds is 2.